The fourth-order valence-electron chi connectivity index (χ4n) is 4.25. The van der Waals surface area contributed by atoms with Gasteiger partial charge in [0.2, 0.25) is 0 Å². The van der Waals surface area contributed by atoms with Crippen molar-refractivity contribution < 1.29 is 33.1 Å². The summed E-state index contributed by atoms with van der Waals surface area (Å²) in [5.41, 5.74) is 2.40. The van der Waals surface area contributed by atoms with E-state index in [1.807, 2.05) is 24.3 Å². The van der Waals surface area contributed by atoms with Crippen molar-refractivity contribution in [2.75, 3.05) is 25.6 Å². The van der Waals surface area contributed by atoms with E-state index in [1.54, 1.807) is 36.4 Å². The number of anilines is 1. The second kappa shape index (κ2) is 9.53. The molecule has 1 aromatic heterocycles. The summed E-state index contributed by atoms with van der Waals surface area (Å²) in [5.74, 6) is -1.47. The number of furan rings is 1. The molecule has 3 amide bonds. The van der Waals surface area contributed by atoms with Gasteiger partial charge in [0.05, 0.1) is 23.9 Å². The lowest BCUT2D eigenvalue weighted by Gasteiger charge is -2.13. The molecule has 0 saturated heterocycles. The van der Waals surface area contributed by atoms with Gasteiger partial charge in [-0.1, -0.05) is 30.3 Å². The van der Waals surface area contributed by atoms with Crippen molar-refractivity contribution in [1.82, 2.24) is 4.90 Å². The zero-order valence-electron chi connectivity index (χ0n) is 19.4. The van der Waals surface area contributed by atoms with Crippen LogP contribution in [-0.2, 0) is 14.3 Å². The molecule has 0 radical (unpaired) electrons. The summed E-state index contributed by atoms with van der Waals surface area (Å²) in [7, 11) is 1.49. The highest BCUT2D eigenvalue weighted by molar-refractivity contribution is 6.21. The predicted molar refractivity (Wildman–Crippen MR) is 131 cm³/mol. The standard InChI is InChI=1S/C27H22N2O7/c1-34-23-13-19-16-7-4-5-10-21(16)36-22(19)14-20(23)28-24(30)15-35-25(31)11-6-12-29-26(32)17-8-2-3-9-18(17)27(29)33/h2-5,7-10,13-14H,6,11-12,15H2,1H3,(H,28,30). The van der Waals surface area contributed by atoms with Gasteiger partial charge in [-0.05, 0) is 30.7 Å². The molecule has 9 heteroatoms. The Bertz CT molecular complexity index is 1490. The highest BCUT2D eigenvalue weighted by Gasteiger charge is 2.34. The molecule has 0 saturated carbocycles. The molecule has 5 rings (SSSR count). The van der Waals surface area contributed by atoms with E-state index in [4.69, 9.17) is 13.9 Å². The molecule has 0 spiro atoms. The number of fused-ring (bicyclic) bond motifs is 4. The number of rotatable bonds is 8. The Hall–Kier alpha value is -4.66. The smallest absolute Gasteiger partial charge is 0.306 e. The van der Waals surface area contributed by atoms with Gasteiger partial charge in [-0.3, -0.25) is 24.1 Å². The summed E-state index contributed by atoms with van der Waals surface area (Å²) in [6.07, 6.45) is 0.178. The first-order chi connectivity index (χ1) is 17.5. The maximum absolute atomic E-state index is 12.4. The fraction of sp³-hybridized carbons (Fsp3) is 0.185. The van der Waals surface area contributed by atoms with Crippen molar-refractivity contribution in [3.05, 3.63) is 71.8 Å². The van der Waals surface area contributed by atoms with E-state index in [9.17, 15) is 19.2 Å². The van der Waals surface area contributed by atoms with E-state index in [1.165, 1.54) is 7.11 Å². The average molecular weight is 486 g/mol. The molecule has 36 heavy (non-hydrogen) atoms. The summed E-state index contributed by atoms with van der Waals surface area (Å²) >= 11 is 0. The number of hydrogen-bond donors (Lipinski definition) is 1. The lowest BCUT2D eigenvalue weighted by molar-refractivity contribution is -0.147. The van der Waals surface area contributed by atoms with Crippen molar-refractivity contribution in [2.24, 2.45) is 0 Å². The fourth-order valence-corrected chi connectivity index (χ4v) is 4.25. The van der Waals surface area contributed by atoms with Gasteiger partial charge >= 0.3 is 5.97 Å². The van der Waals surface area contributed by atoms with E-state index < -0.39 is 18.5 Å². The largest absolute Gasteiger partial charge is 0.495 e. The second-order valence-corrected chi connectivity index (χ2v) is 8.27. The number of esters is 1. The number of hydrogen-bond acceptors (Lipinski definition) is 7. The monoisotopic (exact) mass is 486 g/mol. The molecule has 9 nitrogen and oxygen atoms in total. The molecule has 0 unspecified atom stereocenters. The number of imide groups is 1. The molecule has 2 heterocycles. The quantitative estimate of drug-likeness (QED) is 0.294. The van der Waals surface area contributed by atoms with Crippen LogP contribution in [-0.4, -0.2) is 48.9 Å². The van der Waals surface area contributed by atoms with Crippen LogP contribution in [0.15, 0.2) is 65.1 Å². The second-order valence-electron chi connectivity index (χ2n) is 8.27. The zero-order valence-corrected chi connectivity index (χ0v) is 19.4. The van der Waals surface area contributed by atoms with Crippen LogP contribution in [0.1, 0.15) is 33.6 Å². The Kier molecular flexibility index (Phi) is 6.12. The predicted octanol–water partition coefficient (Wildman–Crippen LogP) is 4.15. The van der Waals surface area contributed by atoms with Gasteiger partial charge in [-0.15, -0.1) is 0 Å². The third-order valence-corrected chi connectivity index (χ3v) is 5.98. The molecule has 3 aromatic carbocycles. The van der Waals surface area contributed by atoms with Crippen LogP contribution in [0.3, 0.4) is 0 Å². The van der Waals surface area contributed by atoms with Crippen LogP contribution < -0.4 is 10.1 Å². The minimum Gasteiger partial charge on any atom is -0.495 e. The van der Waals surface area contributed by atoms with Crippen LogP contribution in [0, 0.1) is 0 Å². The van der Waals surface area contributed by atoms with Crippen LogP contribution in [0.2, 0.25) is 0 Å². The van der Waals surface area contributed by atoms with E-state index in [0.717, 1.165) is 15.7 Å². The van der Waals surface area contributed by atoms with Gasteiger partial charge in [0.25, 0.3) is 17.7 Å². The number of para-hydroxylation sites is 1. The average Bonchev–Trinajstić information content (AvgIpc) is 3.37. The number of methoxy groups -OCH3 is 1. The van der Waals surface area contributed by atoms with Gasteiger partial charge in [0.1, 0.15) is 16.9 Å². The van der Waals surface area contributed by atoms with Crippen LogP contribution in [0.25, 0.3) is 21.9 Å². The first-order valence-corrected chi connectivity index (χ1v) is 11.4. The summed E-state index contributed by atoms with van der Waals surface area (Å²) in [4.78, 5) is 50.4. The van der Waals surface area contributed by atoms with Gasteiger partial charge in [-0.25, -0.2) is 0 Å². The number of nitrogens with zero attached hydrogens (tertiary/aromatic N) is 1. The van der Waals surface area contributed by atoms with Crippen molar-refractivity contribution in [3.63, 3.8) is 0 Å². The van der Waals surface area contributed by atoms with E-state index >= 15 is 0 Å². The molecule has 1 aliphatic heterocycles. The molecule has 1 N–H and O–H groups in total. The Labute approximate surface area is 205 Å². The maximum atomic E-state index is 12.4. The minimum absolute atomic E-state index is 0.0467. The molecule has 0 fully saturated rings. The van der Waals surface area contributed by atoms with Crippen molar-refractivity contribution >= 4 is 51.3 Å². The summed E-state index contributed by atoms with van der Waals surface area (Å²) < 4.78 is 16.3. The Morgan fingerprint density at radius 1 is 0.917 bits per heavy atom. The zero-order chi connectivity index (χ0) is 25.2. The highest BCUT2D eigenvalue weighted by atomic mass is 16.5. The normalized spacial score (nSPS) is 12.8. The number of ether oxygens (including phenoxy) is 2. The highest BCUT2D eigenvalue weighted by Crippen LogP contribution is 2.36. The molecule has 182 valence electrons. The van der Waals surface area contributed by atoms with E-state index in [2.05, 4.69) is 5.32 Å². The molecule has 4 aromatic rings. The van der Waals surface area contributed by atoms with Crippen molar-refractivity contribution in [2.45, 2.75) is 12.8 Å². The van der Waals surface area contributed by atoms with Gasteiger partial charge < -0.3 is 19.2 Å². The minimum atomic E-state index is -0.610. The molecule has 0 atom stereocenters. The first kappa shape index (κ1) is 23.1. The van der Waals surface area contributed by atoms with E-state index in [0.29, 0.717) is 33.7 Å². The van der Waals surface area contributed by atoms with Crippen LogP contribution in [0.4, 0.5) is 5.69 Å². The molecular formula is C27H22N2O7. The number of amides is 3. The Balaban J connectivity index is 1.14. The molecular weight excluding hydrogens is 464 g/mol. The molecule has 1 aliphatic rings. The van der Waals surface area contributed by atoms with Gasteiger partial charge in [0.15, 0.2) is 6.61 Å². The van der Waals surface area contributed by atoms with Crippen LogP contribution >= 0.6 is 0 Å². The topological polar surface area (TPSA) is 115 Å². The number of benzene rings is 3. The maximum Gasteiger partial charge on any atom is 0.306 e. The third kappa shape index (κ3) is 4.26. The summed E-state index contributed by atoms with van der Waals surface area (Å²) in [5, 5.41) is 4.46. The lowest BCUT2D eigenvalue weighted by Crippen LogP contribution is -2.31. The Morgan fingerprint density at radius 2 is 1.61 bits per heavy atom. The van der Waals surface area contributed by atoms with Crippen LogP contribution in [0.5, 0.6) is 5.75 Å². The SMILES string of the molecule is COc1cc2c(cc1NC(=O)COC(=O)CCCN1C(=O)c3ccccc3C1=O)oc1ccccc12. The van der Waals surface area contributed by atoms with Crippen molar-refractivity contribution in [1.29, 1.82) is 0 Å². The first-order valence-electron chi connectivity index (χ1n) is 11.4. The Morgan fingerprint density at radius 3 is 2.33 bits per heavy atom. The summed E-state index contributed by atoms with van der Waals surface area (Å²) in [6.45, 7) is -0.407. The third-order valence-electron chi connectivity index (χ3n) is 5.98. The summed E-state index contributed by atoms with van der Waals surface area (Å²) in [6, 6.07) is 17.6. The lowest BCUT2D eigenvalue weighted by atomic mass is 10.1. The van der Waals surface area contributed by atoms with Gasteiger partial charge in [-0.2, -0.15) is 0 Å². The molecule has 0 bridgehead atoms. The number of nitrogens with one attached hydrogen (secondary N) is 1. The number of carbonyl (C=O) groups excluding carboxylic acids is 4. The van der Waals surface area contributed by atoms with Crippen molar-refractivity contribution in [3.8, 4) is 5.75 Å². The number of carbonyl (C=O) groups is 4. The van der Waals surface area contributed by atoms with E-state index in [-0.39, 0.29) is 31.2 Å². The molecule has 0 aliphatic carbocycles. The van der Waals surface area contributed by atoms with Gasteiger partial charge in [0, 0.05) is 29.8 Å².